The van der Waals surface area contributed by atoms with E-state index in [2.05, 4.69) is 17.4 Å². The van der Waals surface area contributed by atoms with E-state index in [1.54, 1.807) is 17.0 Å². The average molecular weight is 314 g/mol. The summed E-state index contributed by atoms with van der Waals surface area (Å²) in [5, 5.41) is 2.76. The average Bonchev–Trinajstić information content (AvgIpc) is 2.98. The van der Waals surface area contributed by atoms with Gasteiger partial charge in [0.25, 0.3) is 5.91 Å². The maximum atomic E-state index is 12.0. The molecule has 1 heterocycles. The molecule has 2 aromatic rings. The van der Waals surface area contributed by atoms with Crippen LogP contribution in [0.25, 0.3) is 0 Å². The zero-order valence-corrected chi connectivity index (χ0v) is 14.0. The van der Waals surface area contributed by atoms with Crippen LogP contribution in [0.1, 0.15) is 34.2 Å². The quantitative estimate of drug-likeness (QED) is 0.923. The molecule has 0 bridgehead atoms. The molecule has 0 aliphatic heterocycles. The number of carbonyl (C=O) groups excluding carboxylic acids is 2. The van der Waals surface area contributed by atoms with Gasteiger partial charge in [0.2, 0.25) is 5.91 Å². The molecular formula is C18H22N2O3. The number of hydrogen-bond donors (Lipinski definition) is 1. The fourth-order valence-electron chi connectivity index (χ4n) is 2.80. The molecule has 5 heteroatoms. The summed E-state index contributed by atoms with van der Waals surface area (Å²) in [6.07, 6.45) is 1.45. The Morgan fingerprint density at radius 3 is 2.35 bits per heavy atom. The Morgan fingerprint density at radius 2 is 1.83 bits per heavy atom. The number of hydrogen-bond acceptors (Lipinski definition) is 3. The van der Waals surface area contributed by atoms with E-state index in [4.69, 9.17) is 4.42 Å². The fourth-order valence-corrected chi connectivity index (χ4v) is 2.80. The maximum Gasteiger partial charge on any atom is 0.287 e. The molecule has 1 N–H and O–H groups in total. The normalized spacial score (nSPS) is 10.4. The second kappa shape index (κ2) is 7.13. The van der Waals surface area contributed by atoms with Gasteiger partial charge in [0.1, 0.15) is 0 Å². The van der Waals surface area contributed by atoms with Crippen LogP contribution in [0.4, 0.5) is 5.69 Å². The molecule has 122 valence electrons. The smallest absolute Gasteiger partial charge is 0.287 e. The van der Waals surface area contributed by atoms with Gasteiger partial charge in [-0.3, -0.25) is 9.59 Å². The van der Waals surface area contributed by atoms with Crippen molar-refractivity contribution in [2.24, 2.45) is 0 Å². The first kappa shape index (κ1) is 16.8. The first-order valence-corrected chi connectivity index (χ1v) is 7.58. The van der Waals surface area contributed by atoms with Gasteiger partial charge in [0.15, 0.2) is 5.76 Å². The van der Waals surface area contributed by atoms with Crippen LogP contribution >= 0.6 is 0 Å². The van der Waals surface area contributed by atoms with Crippen LogP contribution in [-0.2, 0) is 4.79 Å². The number of aryl methyl sites for hydroxylation is 3. The second-order valence-corrected chi connectivity index (χ2v) is 5.65. The molecule has 0 aliphatic rings. The predicted octanol–water partition coefficient (Wildman–Crippen LogP) is 2.99. The fraction of sp³-hybridized carbons (Fsp3) is 0.333. The van der Waals surface area contributed by atoms with E-state index < -0.39 is 0 Å². The van der Waals surface area contributed by atoms with E-state index in [9.17, 15) is 9.59 Å². The summed E-state index contributed by atoms with van der Waals surface area (Å²) in [5.41, 5.74) is 4.18. The minimum Gasteiger partial charge on any atom is -0.459 e. The van der Waals surface area contributed by atoms with E-state index >= 15 is 0 Å². The van der Waals surface area contributed by atoms with Crippen molar-refractivity contribution >= 4 is 17.5 Å². The van der Waals surface area contributed by atoms with Crippen LogP contribution in [0, 0.1) is 20.8 Å². The molecule has 0 saturated heterocycles. The Bertz CT molecular complexity index is 682. The number of nitrogens with one attached hydrogen (secondary N) is 1. The van der Waals surface area contributed by atoms with Gasteiger partial charge in [-0.25, -0.2) is 0 Å². The highest BCUT2D eigenvalue weighted by atomic mass is 16.3. The van der Waals surface area contributed by atoms with E-state index in [0.717, 1.165) is 16.8 Å². The number of carbonyl (C=O) groups is 2. The van der Waals surface area contributed by atoms with Crippen LogP contribution in [0.5, 0.6) is 0 Å². The van der Waals surface area contributed by atoms with Crippen molar-refractivity contribution in [3.05, 3.63) is 53.0 Å². The summed E-state index contributed by atoms with van der Waals surface area (Å²) < 4.78 is 5.04. The molecule has 0 radical (unpaired) electrons. The van der Waals surface area contributed by atoms with Crippen molar-refractivity contribution in [3.8, 4) is 0 Å². The molecule has 0 aliphatic carbocycles. The Labute approximate surface area is 136 Å². The Balaban J connectivity index is 2.08. The summed E-state index contributed by atoms with van der Waals surface area (Å²) in [4.78, 5) is 25.6. The summed E-state index contributed by atoms with van der Waals surface area (Å²) in [7, 11) is 0. The molecular weight excluding hydrogens is 292 g/mol. The molecule has 0 spiro atoms. The first-order chi connectivity index (χ1) is 10.9. The molecule has 1 aromatic carbocycles. The van der Waals surface area contributed by atoms with E-state index in [1.165, 1.54) is 18.8 Å². The number of amides is 2. The van der Waals surface area contributed by atoms with Crippen molar-refractivity contribution in [2.75, 3.05) is 18.0 Å². The summed E-state index contributed by atoms with van der Waals surface area (Å²) >= 11 is 0. The Hall–Kier alpha value is -2.56. The molecule has 5 nitrogen and oxygen atoms in total. The lowest BCUT2D eigenvalue weighted by Gasteiger charge is -2.25. The molecule has 0 fully saturated rings. The zero-order valence-electron chi connectivity index (χ0n) is 14.0. The lowest BCUT2D eigenvalue weighted by molar-refractivity contribution is -0.116. The molecule has 0 unspecified atom stereocenters. The lowest BCUT2D eigenvalue weighted by Crippen LogP contribution is -2.38. The van der Waals surface area contributed by atoms with E-state index in [0.29, 0.717) is 13.1 Å². The second-order valence-electron chi connectivity index (χ2n) is 5.65. The minimum atomic E-state index is -0.282. The van der Waals surface area contributed by atoms with Gasteiger partial charge in [-0.1, -0.05) is 17.7 Å². The van der Waals surface area contributed by atoms with Gasteiger partial charge < -0.3 is 14.6 Å². The van der Waals surface area contributed by atoms with Gasteiger partial charge in [-0.15, -0.1) is 0 Å². The van der Waals surface area contributed by atoms with Gasteiger partial charge in [0, 0.05) is 25.7 Å². The van der Waals surface area contributed by atoms with Crippen molar-refractivity contribution in [1.82, 2.24) is 5.32 Å². The highest BCUT2D eigenvalue weighted by molar-refractivity contribution is 5.94. The van der Waals surface area contributed by atoms with Crippen molar-refractivity contribution in [2.45, 2.75) is 27.7 Å². The highest BCUT2D eigenvalue weighted by Gasteiger charge is 2.17. The monoisotopic (exact) mass is 314 g/mol. The van der Waals surface area contributed by atoms with Gasteiger partial charge in [0.05, 0.1) is 6.26 Å². The third-order valence-electron chi connectivity index (χ3n) is 3.65. The number of nitrogens with zero attached hydrogens (tertiary/aromatic N) is 1. The van der Waals surface area contributed by atoms with Crippen LogP contribution < -0.4 is 10.2 Å². The standard InChI is InChI=1S/C18H22N2O3/c1-12-10-13(2)17(14(3)11-12)20(15(4)21)8-7-19-18(22)16-6-5-9-23-16/h5-6,9-11H,7-8H2,1-4H3,(H,19,22). The Morgan fingerprint density at radius 1 is 1.17 bits per heavy atom. The maximum absolute atomic E-state index is 12.0. The third kappa shape index (κ3) is 4.00. The molecule has 23 heavy (non-hydrogen) atoms. The van der Waals surface area contributed by atoms with Gasteiger partial charge in [-0.2, -0.15) is 0 Å². The largest absolute Gasteiger partial charge is 0.459 e. The van der Waals surface area contributed by atoms with Gasteiger partial charge in [-0.05, 0) is 44.0 Å². The predicted molar refractivity (Wildman–Crippen MR) is 89.7 cm³/mol. The number of benzene rings is 1. The van der Waals surface area contributed by atoms with Crippen LogP contribution in [0.2, 0.25) is 0 Å². The van der Waals surface area contributed by atoms with E-state index in [1.807, 2.05) is 20.8 Å². The molecule has 2 amide bonds. The molecule has 0 saturated carbocycles. The summed E-state index contributed by atoms with van der Waals surface area (Å²) in [6.45, 7) is 8.32. The summed E-state index contributed by atoms with van der Waals surface area (Å²) in [6, 6.07) is 7.38. The number of furan rings is 1. The van der Waals surface area contributed by atoms with Gasteiger partial charge >= 0.3 is 0 Å². The lowest BCUT2D eigenvalue weighted by atomic mass is 10.0. The van der Waals surface area contributed by atoms with Crippen LogP contribution in [0.15, 0.2) is 34.9 Å². The van der Waals surface area contributed by atoms with Crippen molar-refractivity contribution in [1.29, 1.82) is 0 Å². The number of anilines is 1. The minimum absolute atomic E-state index is 0.0488. The highest BCUT2D eigenvalue weighted by Crippen LogP contribution is 2.26. The third-order valence-corrected chi connectivity index (χ3v) is 3.65. The zero-order chi connectivity index (χ0) is 17.0. The van der Waals surface area contributed by atoms with Crippen molar-refractivity contribution in [3.63, 3.8) is 0 Å². The molecule has 0 atom stereocenters. The molecule has 2 rings (SSSR count). The topological polar surface area (TPSA) is 62.6 Å². The SMILES string of the molecule is CC(=O)N(CCNC(=O)c1ccco1)c1c(C)cc(C)cc1C. The molecule has 1 aromatic heterocycles. The summed E-state index contributed by atoms with van der Waals surface area (Å²) in [5.74, 6) is -0.0646. The number of rotatable bonds is 5. The van der Waals surface area contributed by atoms with E-state index in [-0.39, 0.29) is 17.6 Å². The Kier molecular flexibility index (Phi) is 5.21. The van der Waals surface area contributed by atoms with Crippen LogP contribution in [0.3, 0.4) is 0 Å². The van der Waals surface area contributed by atoms with Crippen molar-refractivity contribution < 1.29 is 14.0 Å². The van der Waals surface area contributed by atoms with Crippen LogP contribution in [-0.4, -0.2) is 24.9 Å². The first-order valence-electron chi connectivity index (χ1n) is 7.58.